The van der Waals surface area contributed by atoms with E-state index in [0.29, 0.717) is 17.5 Å². The van der Waals surface area contributed by atoms with Gasteiger partial charge in [0.2, 0.25) is 0 Å². The quantitative estimate of drug-likeness (QED) is 0.407. The summed E-state index contributed by atoms with van der Waals surface area (Å²) in [6.45, 7) is 2.72. The second-order valence-electron chi connectivity index (χ2n) is 7.03. The number of thioether (sulfide) groups is 1. The first-order chi connectivity index (χ1) is 14.5. The van der Waals surface area contributed by atoms with E-state index in [1.807, 2.05) is 23.6 Å². The van der Waals surface area contributed by atoms with Crippen LogP contribution in [-0.2, 0) is 6.54 Å². The summed E-state index contributed by atoms with van der Waals surface area (Å²) in [5.74, 6) is 0.122. The van der Waals surface area contributed by atoms with Crippen molar-refractivity contribution in [2.45, 2.75) is 43.9 Å². The monoisotopic (exact) mass is 427 g/mol. The highest BCUT2D eigenvalue weighted by molar-refractivity contribution is 7.99. The number of pyridine rings is 1. The topological polar surface area (TPSA) is 142 Å². The van der Waals surface area contributed by atoms with Crippen LogP contribution < -0.4 is 17.0 Å². The summed E-state index contributed by atoms with van der Waals surface area (Å²) < 4.78 is 3.24. The van der Waals surface area contributed by atoms with Crippen LogP contribution in [0.4, 0.5) is 5.82 Å². The molecular formula is C19H21N7O3S. The molecule has 11 heteroatoms. The number of hydrogen-bond donors (Lipinski definition) is 2. The first-order valence-corrected chi connectivity index (χ1v) is 10.6. The average molecular weight is 427 g/mol. The molecule has 30 heavy (non-hydrogen) atoms. The summed E-state index contributed by atoms with van der Waals surface area (Å²) in [7, 11) is 0. The van der Waals surface area contributed by atoms with E-state index in [1.165, 1.54) is 16.3 Å². The number of hydrogen-bond acceptors (Lipinski definition) is 8. The molecule has 0 saturated heterocycles. The first-order valence-electron chi connectivity index (χ1n) is 9.65. The Morgan fingerprint density at radius 3 is 2.67 bits per heavy atom. The summed E-state index contributed by atoms with van der Waals surface area (Å²) in [5.41, 5.74) is 5.40. The van der Waals surface area contributed by atoms with Crippen LogP contribution in [0.5, 0.6) is 0 Å². The van der Waals surface area contributed by atoms with Crippen molar-refractivity contribution in [3.63, 3.8) is 0 Å². The van der Waals surface area contributed by atoms with E-state index in [-0.39, 0.29) is 23.2 Å². The molecule has 4 rings (SSSR count). The van der Waals surface area contributed by atoms with Gasteiger partial charge in [-0.15, -0.1) is 10.2 Å². The third kappa shape index (κ3) is 3.80. The van der Waals surface area contributed by atoms with Gasteiger partial charge in [0.1, 0.15) is 11.4 Å². The van der Waals surface area contributed by atoms with E-state index < -0.39 is 17.0 Å². The summed E-state index contributed by atoms with van der Waals surface area (Å²) in [6, 6.07) is 3.64. The molecule has 156 valence electrons. The lowest BCUT2D eigenvalue weighted by atomic mass is 10.2. The number of aromatic amines is 1. The lowest BCUT2D eigenvalue weighted by molar-refractivity contribution is 0.102. The van der Waals surface area contributed by atoms with Crippen LogP contribution >= 0.6 is 11.8 Å². The maximum absolute atomic E-state index is 12.8. The molecule has 0 aromatic carbocycles. The van der Waals surface area contributed by atoms with Crippen LogP contribution in [0.2, 0.25) is 0 Å². The van der Waals surface area contributed by atoms with Gasteiger partial charge in [0, 0.05) is 30.5 Å². The molecule has 1 aliphatic carbocycles. The second kappa shape index (κ2) is 8.27. The summed E-state index contributed by atoms with van der Waals surface area (Å²) in [4.78, 5) is 43.3. The minimum atomic E-state index is -0.757. The van der Waals surface area contributed by atoms with Gasteiger partial charge in [-0.2, -0.15) is 0 Å². The first kappa shape index (κ1) is 20.1. The van der Waals surface area contributed by atoms with E-state index in [1.54, 1.807) is 12.4 Å². The third-order valence-corrected chi connectivity index (χ3v) is 5.77. The number of nitrogens with two attached hydrogens (primary N) is 1. The van der Waals surface area contributed by atoms with Crippen molar-refractivity contribution in [3.8, 4) is 11.4 Å². The highest BCUT2D eigenvalue weighted by atomic mass is 32.2. The Kier molecular flexibility index (Phi) is 5.53. The number of aromatic nitrogens is 6. The molecule has 3 aromatic heterocycles. The minimum absolute atomic E-state index is 0.0473. The van der Waals surface area contributed by atoms with Crippen LogP contribution in [0.25, 0.3) is 11.4 Å². The molecule has 0 radical (unpaired) electrons. The zero-order valence-electron chi connectivity index (χ0n) is 16.4. The number of carbonyl (C=O) groups is 1. The lowest BCUT2D eigenvalue weighted by Crippen LogP contribution is -2.36. The fourth-order valence-corrected chi connectivity index (χ4v) is 4.10. The van der Waals surface area contributed by atoms with Crippen molar-refractivity contribution in [3.05, 3.63) is 50.9 Å². The number of rotatable bonds is 8. The maximum Gasteiger partial charge on any atom is 0.330 e. The summed E-state index contributed by atoms with van der Waals surface area (Å²) >= 11 is 1.19. The average Bonchev–Trinajstić information content (AvgIpc) is 3.47. The van der Waals surface area contributed by atoms with Crippen LogP contribution in [0, 0.1) is 0 Å². The number of anilines is 1. The fraction of sp³-hybridized carbons (Fsp3) is 0.368. The Balaban J connectivity index is 1.59. The van der Waals surface area contributed by atoms with Crippen molar-refractivity contribution in [2.75, 3.05) is 11.5 Å². The Hall–Kier alpha value is -3.21. The van der Waals surface area contributed by atoms with E-state index in [9.17, 15) is 14.4 Å². The number of nitrogen functional groups attached to an aromatic ring is 1. The molecule has 3 aromatic rings. The predicted octanol–water partition coefficient (Wildman–Crippen LogP) is 1.49. The Morgan fingerprint density at radius 2 is 2.00 bits per heavy atom. The van der Waals surface area contributed by atoms with Gasteiger partial charge in [0.25, 0.3) is 5.56 Å². The molecule has 3 heterocycles. The van der Waals surface area contributed by atoms with Gasteiger partial charge < -0.3 is 10.3 Å². The van der Waals surface area contributed by atoms with Crippen molar-refractivity contribution >= 4 is 23.4 Å². The number of H-pyrrole nitrogens is 1. The van der Waals surface area contributed by atoms with Crippen molar-refractivity contribution < 1.29 is 4.79 Å². The van der Waals surface area contributed by atoms with Crippen LogP contribution in [0.3, 0.4) is 0 Å². The normalized spacial score (nSPS) is 13.5. The summed E-state index contributed by atoms with van der Waals surface area (Å²) in [5, 5.41) is 9.06. The number of Topliss-reactive ketones (excluding diaryl/α,β-unsaturated/α-hetero) is 1. The van der Waals surface area contributed by atoms with Gasteiger partial charge in [-0.25, -0.2) is 4.79 Å². The van der Waals surface area contributed by atoms with Gasteiger partial charge >= 0.3 is 5.69 Å². The predicted molar refractivity (Wildman–Crippen MR) is 113 cm³/mol. The van der Waals surface area contributed by atoms with Crippen LogP contribution in [0.1, 0.15) is 42.6 Å². The van der Waals surface area contributed by atoms with Crippen LogP contribution in [-0.4, -0.2) is 40.8 Å². The Labute approximate surface area is 175 Å². The molecule has 3 N–H and O–H groups in total. The molecular weight excluding hydrogens is 406 g/mol. The second-order valence-corrected chi connectivity index (χ2v) is 7.97. The molecule has 0 spiro atoms. The number of nitrogens with one attached hydrogen (secondary N) is 1. The van der Waals surface area contributed by atoms with Crippen molar-refractivity contribution in [1.29, 1.82) is 0 Å². The van der Waals surface area contributed by atoms with Crippen molar-refractivity contribution in [2.24, 2.45) is 0 Å². The van der Waals surface area contributed by atoms with Crippen LogP contribution in [0.15, 0.2) is 39.3 Å². The Bertz CT molecular complexity index is 1200. The summed E-state index contributed by atoms with van der Waals surface area (Å²) in [6.07, 6.45) is 5.82. The number of carbonyl (C=O) groups excluding carboxylic acids is 1. The SMILES string of the molecule is CCCn1c(SCC(=O)c2c(N)n(C3CC3)c(=O)[nH]c2=O)nnc1-c1ccncc1. The molecule has 10 nitrogen and oxygen atoms in total. The van der Waals surface area contributed by atoms with Gasteiger partial charge in [-0.3, -0.25) is 24.1 Å². The van der Waals surface area contributed by atoms with E-state index in [0.717, 1.165) is 24.8 Å². The third-order valence-electron chi connectivity index (χ3n) is 4.81. The van der Waals surface area contributed by atoms with Gasteiger partial charge in [-0.05, 0) is 31.4 Å². The molecule has 0 aliphatic heterocycles. The fourth-order valence-electron chi connectivity index (χ4n) is 3.27. The standard InChI is InChI=1S/C19H21N7O3S/c1-2-9-25-16(11-5-7-21-8-6-11)23-24-19(25)30-10-13(27)14-15(20)26(12-3-4-12)18(29)22-17(14)28/h5-8,12H,2-4,9-10,20H2,1H3,(H,22,28,29). The molecule has 0 bridgehead atoms. The molecule has 1 aliphatic rings. The largest absolute Gasteiger partial charge is 0.384 e. The number of ketones is 1. The van der Waals surface area contributed by atoms with E-state index in [2.05, 4.69) is 20.2 Å². The minimum Gasteiger partial charge on any atom is -0.384 e. The highest BCUT2D eigenvalue weighted by Crippen LogP contribution is 2.35. The zero-order chi connectivity index (χ0) is 21.3. The molecule has 1 fully saturated rings. The van der Waals surface area contributed by atoms with Crippen molar-refractivity contribution in [1.82, 2.24) is 29.3 Å². The molecule has 1 saturated carbocycles. The lowest BCUT2D eigenvalue weighted by Gasteiger charge is -2.11. The molecule has 0 atom stereocenters. The van der Waals surface area contributed by atoms with Gasteiger partial charge in [0.05, 0.1) is 5.75 Å². The van der Waals surface area contributed by atoms with E-state index >= 15 is 0 Å². The maximum atomic E-state index is 12.8. The smallest absolute Gasteiger partial charge is 0.330 e. The van der Waals surface area contributed by atoms with Gasteiger partial charge in [0.15, 0.2) is 16.8 Å². The zero-order valence-corrected chi connectivity index (χ0v) is 17.2. The Morgan fingerprint density at radius 1 is 1.27 bits per heavy atom. The van der Waals surface area contributed by atoms with E-state index in [4.69, 9.17) is 5.73 Å². The molecule has 0 unspecified atom stereocenters. The highest BCUT2D eigenvalue weighted by Gasteiger charge is 2.30. The number of nitrogens with zero attached hydrogens (tertiary/aromatic N) is 5. The molecule has 0 amide bonds. The van der Waals surface area contributed by atoms with Gasteiger partial charge in [-0.1, -0.05) is 18.7 Å².